The number of hydrazone groups is 1. The van der Waals surface area contributed by atoms with Gasteiger partial charge in [-0.05, 0) is 36.6 Å². The van der Waals surface area contributed by atoms with Crippen LogP contribution in [0, 0.1) is 29.9 Å². The first kappa shape index (κ1) is 21.0. The molecule has 1 amide bonds. The lowest BCUT2D eigenvalue weighted by Crippen LogP contribution is -2.27. The molecule has 0 spiro atoms. The van der Waals surface area contributed by atoms with Crippen LogP contribution < -0.4 is 4.74 Å². The highest BCUT2D eigenvalue weighted by molar-refractivity contribution is 5.80. The van der Waals surface area contributed by atoms with Gasteiger partial charge in [-0.3, -0.25) is 4.79 Å². The van der Waals surface area contributed by atoms with Gasteiger partial charge in [0.05, 0.1) is 18.4 Å². The maximum Gasteiger partial charge on any atom is 0.243 e. The van der Waals surface area contributed by atoms with Crippen molar-refractivity contribution < 1.29 is 18.3 Å². The molecule has 1 aliphatic heterocycles. The Hall–Kier alpha value is -3.67. The zero-order valence-corrected chi connectivity index (χ0v) is 16.3. The van der Waals surface area contributed by atoms with Crippen molar-refractivity contribution in [1.29, 1.82) is 5.26 Å². The minimum atomic E-state index is -0.675. The third kappa shape index (κ3) is 4.84. The number of hydrogen-bond donors (Lipinski definition) is 0. The van der Waals surface area contributed by atoms with Crippen LogP contribution in [-0.2, 0) is 4.79 Å². The number of rotatable bonds is 7. The number of carbonyl (C=O) groups is 1. The first-order chi connectivity index (χ1) is 14.4. The molecule has 30 heavy (non-hydrogen) atoms. The normalized spacial score (nSPS) is 15.1. The predicted octanol–water partition coefficient (Wildman–Crippen LogP) is 3.61. The van der Waals surface area contributed by atoms with Crippen LogP contribution in [-0.4, -0.2) is 33.7 Å². The molecular weight excluding hydrogens is 392 g/mol. The Bertz CT molecular complexity index is 1030. The molecule has 1 atom stereocenters. The maximum absolute atomic E-state index is 14.3. The summed E-state index contributed by atoms with van der Waals surface area (Å²) >= 11 is 0. The minimum absolute atomic E-state index is 0.0883. The largest absolute Gasteiger partial charge is 0.472 e. The molecule has 9 heteroatoms. The van der Waals surface area contributed by atoms with Crippen LogP contribution in [0.4, 0.5) is 8.78 Å². The van der Waals surface area contributed by atoms with Crippen molar-refractivity contribution in [3.05, 3.63) is 65.1 Å². The molecule has 7 nitrogen and oxygen atoms in total. The Kier molecular flexibility index (Phi) is 6.47. The van der Waals surface area contributed by atoms with E-state index < -0.39 is 17.7 Å². The fourth-order valence-corrected chi connectivity index (χ4v) is 2.92. The third-order valence-electron chi connectivity index (χ3n) is 4.58. The summed E-state index contributed by atoms with van der Waals surface area (Å²) in [6.45, 7) is 5.47. The number of amides is 1. The lowest BCUT2D eigenvalue weighted by Gasteiger charge is -2.23. The molecule has 1 aliphatic rings. The molecule has 0 saturated heterocycles. The zero-order chi connectivity index (χ0) is 21.7. The molecule has 0 fully saturated rings. The number of nitrogens with zero attached hydrogens (tertiary/aromatic N) is 5. The van der Waals surface area contributed by atoms with E-state index in [2.05, 4.69) is 21.6 Å². The number of aryl methyl sites for hydroxylation is 1. The maximum atomic E-state index is 14.3. The predicted molar refractivity (Wildman–Crippen MR) is 104 cm³/mol. The summed E-state index contributed by atoms with van der Waals surface area (Å²) < 4.78 is 33.7. The molecule has 154 valence electrons. The van der Waals surface area contributed by atoms with E-state index in [-0.39, 0.29) is 41.6 Å². The van der Waals surface area contributed by atoms with Crippen LogP contribution in [0.2, 0.25) is 0 Å². The van der Waals surface area contributed by atoms with Crippen LogP contribution in [0.25, 0.3) is 0 Å². The van der Waals surface area contributed by atoms with Crippen LogP contribution in [0.3, 0.4) is 0 Å². The van der Waals surface area contributed by atoms with Crippen molar-refractivity contribution in [3.63, 3.8) is 0 Å². The smallest absolute Gasteiger partial charge is 0.243 e. The van der Waals surface area contributed by atoms with E-state index in [1.165, 1.54) is 30.5 Å². The number of aromatic nitrogens is 2. The molecule has 1 unspecified atom stereocenters. The molecule has 0 bridgehead atoms. The highest BCUT2D eigenvalue weighted by Crippen LogP contribution is 2.32. The van der Waals surface area contributed by atoms with Crippen molar-refractivity contribution in [3.8, 4) is 11.9 Å². The summed E-state index contributed by atoms with van der Waals surface area (Å²) in [7, 11) is 0. The lowest BCUT2D eigenvalue weighted by molar-refractivity contribution is -0.133. The zero-order valence-electron chi connectivity index (χ0n) is 16.3. The molecule has 3 rings (SSSR count). The number of ether oxygens (including phenoxy) is 1. The number of hydrogen-bond acceptors (Lipinski definition) is 6. The standard InChI is InChI=1S/C21H19F2N5O2/c1-13(12-30-20-11-25-15(9-24)10-26-20)3-4-21(29)28-19(5-6-27-28)16-8-17(22)14(2)7-18(16)23/h6-8,10-11,19H,1,3-5,12H2,2H3. The Morgan fingerprint density at radius 1 is 1.30 bits per heavy atom. The Labute approximate surface area is 172 Å². The fourth-order valence-electron chi connectivity index (χ4n) is 2.92. The summed E-state index contributed by atoms with van der Waals surface area (Å²) in [4.78, 5) is 20.4. The van der Waals surface area contributed by atoms with Gasteiger partial charge in [0.1, 0.15) is 24.3 Å². The van der Waals surface area contributed by atoms with E-state index in [4.69, 9.17) is 10.00 Å². The summed E-state index contributed by atoms with van der Waals surface area (Å²) in [5.74, 6) is -1.18. The van der Waals surface area contributed by atoms with Gasteiger partial charge in [0.15, 0.2) is 5.69 Å². The number of carbonyl (C=O) groups excluding carboxylic acids is 1. The number of nitriles is 1. The average molecular weight is 411 g/mol. The van der Waals surface area contributed by atoms with Crippen molar-refractivity contribution in [2.45, 2.75) is 32.2 Å². The van der Waals surface area contributed by atoms with Crippen LogP contribution >= 0.6 is 0 Å². The van der Waals surface area contributed by atoms with Gasteiger partial charge in [-0.2, -0.15) is 10.4 Å². The lowest BCUT2D eigenvalue weighted by atomic mass is 10.0. The van der Waals surface area contributed by atoms with E-state index in [1.807, 2.05) is 6.07 Å². The summed E-state index contributed by atoms with van der Waals surface area (Å²) in [5.41, 5.74) is 1.13. The van der Waals surface area contributed by atoms with Gasteiger partial charge < -0.3 is 4.74 Å². The monoisotopic (exact) mass is 411 g/mol. The molecule has 0 saturated carbocycles. The highest BCUT2D eigenvalue weighted by Gasteiger charge is 2.30. The van der Waals surface area contributed by atoms with Gasteiger partial charge in [0.25, 0.3) is 0 Å². The fraction of sp³-hybridized carbons (Fsp3) is 0.286. The first-order valence-corrected chi connectivity index (χ1v) is 9.20. The van der Waals surface area contributed by atoms with Gasteiger partial charge in [-0.15, -0.1) is 0 Å². The van der Waals surface area contributed by atoms with Crippen LogP contribution in [0.1, 0.15) is 42.1 Å². The molecule has 2 aromatic rings. The van der Waals surface area contributed by atoms with Gasteiger partial charge >= 0.3 is 0 Å². The third-order valence-corrected chi connectivity index (χ3v) is 4.58. The molecule has 0 radical (unpaired) electrons. The van der Waals surface area contributed by atoms with E-state index in [1.54, 1.807) is 0 Å². The van der Waals surface area contributed by atoms with Gasteiger partial charge in [0, 0.05) is 24.6 Å². The highest BCUT2D eigenvalue weighted by atomic mass is 19.1. The second-order valence-electron chi connectivity index (χ2n) is 6.80. The van der Waals surface area contributed by atoms with Crippen molar-refractivity contribution >= 4 is 12.1 Å². The minimum Gasteiger partial charge on any atom is -0.472 e. The molecule has 2 heterocycles. The van der Waals surface area contributed by atoms with E-state index in [0.717, 1.165) is 12.1 Å². The van der Waals surface area contributed by atoms with Crippen LogP contribution in [0.15, 0.2) is 41.8 Å². The average Bonchev–Trinajstić information content (AvgIpc) is 3.23. The van der Waals surface area contributed by atoms with Gasteiger partial charge in [-0.25, -0.2) is 23.8 Å². The topological polar surface area (TPSA) is 91.5 Å². The van der Waals surface area contributed by atoms with Gasteiger partial charge in [0.2, 0.25) is 11.8 Å². The molecular formula is C21H19F2N5O2. The summed E-state index contributed by atoms with van der Waals surface area (Å²) in [6, 6.07) is 3.43. The first-order valence-electron chi connectivity index (χ1n) is 9.20. The number of halogens is 2. The van der Waals surface area contributed by atoms with Crippen molar-refractivity contribution in [2.75, 3.05) is 6.61 Å². The quantitative estimate of drug-likeness (QED) is 0.649. The molecule has 1 aromatic heterocycles. The molecule has 1 aromatic carbocycles. The Morgan fingerprint density at radius 2 is 2.10 bits per heavy atom. The molecule has 0 aliphatic carbocycles. The van der Waals surface area contributed by atoms with Gasteiger partial charge in [-0.1, -0.05) is 6.58 Å². The summed E-state index contributed by atoms with van der Waals surface area (Å²) in [6.07, 6.45) is 4.86. The Balaban J connectivity index is 1.54. The second kappa shape index (κ2) is 9.22. The molecule has 0 N–H and O–H groups in total. The van der Waals surface area contributed by atoms with Crippen LogP contribution in [0.5, 0.6) is 5.88 Å². The SMILES string of the molecule is C=C(CCC(=O)N1N=CCC1c1cc(F)c(C)cc1F)COc1cnc(C#N)cn1. The van der Waals surface area contributed by atoms with E-state index >= 15 is 0 Å². The van der Waals surface area contributed by atoms with Crippen molar-refractivity contribution in [2.24, 2.45) is 5.10 Å². The second-order valence-corrected chi connectivity index (χ2v) is 6.80. The Morgan fingerprint density at radius 3 is 2.80 bits per heavy atom. The summed E-state index contributed by atoms with van der Waals surface area (Å²) in [5, 5.41) is 13.9. The van der Waals surface area contributed by atoms with E-state index in [0.29, 0.717) is 18.4 Å². The van der Waals surface area contributed by atoms with E-state index in [9.17, 15) is 13.6 Å². The number of benzene rings is 1. The van der Waals surface area contributed by atoms with Crippen molar-refractivity contribution in [1.82, 2.24) is 15.0 Å².